The Labute approximate surface area is 208 Å². The van der Waals surface area contributed by atoms with Crippen LogP contribution in [-0.4, -0.2) is 72.7 Å². The zero-order valence-corrected chi connectivity index (χ0v) is 21.2. The molecule has 0 radical (unpaired) electrons. The van der Waals surface area contributed by atoms with E-state index in [4.69, 9.17) is 14.2 Å². The van der Waals surface area contributed by atoms with Crippen molar-refractivity contribution in [3.8, 4) is 0 Å². The van der Waals surface area contributed by atoms with E-state index in [0.717, 1.165) is 12.1 Å². The summed E-state index contributed by atoms with van der Waals surface area (Å²) < 4.78 is 49.3. The van der Waals surface area contributed by atoms with E-state index in [2.05, 4.69) is 16.0 Å². The number of carbonyl (C=O) groups excluding carboxylic acids is 2. The molecule has 1 aromatic rings. The van der Waals surface area contributed by atoms with E-state index in [1.165, 1.54) is 0 Å². The third kappa shape index (κ3) is 12.4. The fraction of sp³-hybridized carbons (Fsp3) is 0.591. The van der Waals surface area contributed by atoms with Gasteiger partial charge in [-0.25, -0.2) is 13.6 Å². The number of hydrogen-bond donors (Lipinski definition) is 5. The van der Waals surface area contributed by atoms with Crippen molar-refractivity contribution in [3.63, 3.8) is 0 Å². The Bertz CT molecular complexity index is 891. The molecule has 0 fully saturated rings. The lowest BCUT2D eigenvalue weighted by Gasteiger charge is -2.22. The molecule has 5 N–H and O–H groups in total. The van der Waals surface area contributed by atoms with Crippen LogP contribution in [0.4, 0.5) is 13.6 Å². The molecule has 0 saturated carbocycles. The number of halogens is 2. The summed E-state index contributed by atoms with van der Waals surface area (Å²) in [5, 5.41) is 25.8. The monoisotopic (exact) mass is 537 g/mol. The van der Waals surface area contributed by atoms with Crippen LogP contribution in [-0.2, 0) is 29.6 Å². The summed E-state index contributed by atoms with van der Waals surface area (Å²) in [6.07, 6.45) is -1.13. The summed E-state index contributed by atoms with van der Waals surface area (Å²) in [6, 6.07) is 0.777. The summed E-state index contributed by atoms with van der Waals surface area (Å²) in [6.45, 7) is 3.16. The maximum atomic E-state index is 13.4. The van der Waals surface area contributed by atoms with Gasteiger partial charge in [-0.2, -0.15) is 0 Å². The first-order valence-electron chi connectivity index (χ1n) is 11.5. The Kier molecular flexibility index (Phi) is 14.1. The SMILES string of the molecule is CCOP(=O)(CC(=O)NCCCCC(NC(=O)O)C(=O)NC(CO)Cc1cc(F)cc(F)c1)OCC. The summed E-state index contributed by atoms with van der Waals surface area (Å²) in [5.41, 5.74) is 0.212. The maximum absolute atomic E-state index is 13.4. The van der Waals surface area contributed by atoms with E-state index in [1.807, 2.05) is 0 Å². The highest BCUT2D eigenvalue weighted by molar-refractivity contribution is 7.54. The topological polar surface area (TPSA) is 163 Å². The number of amides is 3. The van der Waals surface area contributed by atoms with Gasteiger partial charge in [0.25, 0.3) is 0 Å². The number of nitrogens with one attached hydrogen (secondary N) is 3. The molecule has 204 valence electrons. The quantitative estimate of drug-likeness (QED) is 0.149. The van der Waals surface area contributed by atoms with Crippen molar-refractivity contribution in [1.82, 2.24) is 16.0 Å². The maximum Gasteiger partial charge on any atom is 0.405 e. The molecule has 1 aromatic carbocycles. The summed E-state index contributed by atoms with van der Waals surface area (Å²) >= 11 is 0. The first-order chi connectivity index (χ1) is 17.0. The first kappa shape index (κ1) is 31.4. The van der Waals surface area contributed by atoms with E-state index in [0.29, 0.717) is 18.9 Å². The van der Waals surface area contributed by atoms with Crippen molar-refractivity contribution in [1.29, 1.82) is 0 Å². The van der Waals surface area contributed by atoms with E-state index in [-0.39, 0.29) is 38.2 Å². The number of aliphatic hydroxyl groups excluding tert-OH is 1. The molecule has 0 aliphatic carbocycles. The van der Waals surface area contributed by atoms with E-state index >= 15 is 0 Å². The number of unbranched alkanes of at least 4 members (excludes halogenated alkanes) is 1. The lowest BCUT2D eigenvalue weighted by atomic mass is 10.0. The fourth-order valence-corrected chi connectivity index (χ4v) is 4.86. The van der Waals surface area contributed by atoms with Gasteiger partial charge in [0.1, 0.15) is 23.8 Å². The molecule has 2 unspecified atom stereocenters. The van der Waals surface area contributed by atoms with Gasteiger partial charge in [-0.1, -0.05) is 0 Å². The van der Waals surface area contributed by atoms with Gasteiger partial charge >= 0.3 is 13.7 Å². The van der Waals surface area contributed by atoms with Crippen molar-refractivity contribution in [2.75, 3.05) is 32.5 Å². The number of carbonyl (C=O) groups is 3. The van der Waals surface area contributed by atoms with Crippen molar-refractivity contribution in [2.24, 2.45) is 0 Å². The second kappa shape index (κ2) is 16.2. The van der Waals surface area contributed by atoms with Crippen molar-refractivity contribution < 1.29 is 47.0 Å². The van der Waals surface area contributed by atoms with Crippen molar-refractivity contribution in [3.05, 3.63) is 35.4 Å². The van der Waals surface area contributed by atoms with Gasteiger partial charge in [0, 0.05) is 12.6 Å². The minimum absolute atomic E-state index is 0.0733. The lowest BCUT2D eigenvalue weighted by molar-refractivity contribution is -0.124. The molecule has 0 aliphatic rings. The lowest BCUT2D eigenvalue weighted by Crippen LogP contribution is -2.50. The van der Waals surface area contributed by atoms with Crippen LogP contribution in [0.25, 0.3) is 0 Å². The summed E-state index contributed by atoms with van der Waals surface area (Å²) in [7, 11) is -3.53. The van der Waals surface area contributed by atoms with Crippen molar-refractivity contribution in [2.45, 2.75) is 51.6 Å². The van der Waals surface area contributed by atoms with Gasteiger partial charge in [-0.3, -0.25) is 14.2 Å². The minimum Gasteiger partial charge on any atom is -0.465 e. The normalized spacial score (nSPS) is 13.0. The number of rotatable bonds is 17. The predicted octanol–water partition coefficient (Wildman–Crippen LogP) is 2.17. The van der Waals surface area contributed by atoms with Crippen LogP contribution in [0.5, 0.6) is 0 Å². The Morgan fingerprint density at radius 1 is 1.03 bits per heavy atom. The molecule has 3 amide bonds. The summed E-state index contributed by atoms with van der Waals surface area (Å²) in [5.74, 6) is -2.85. The Hall–Kier alpha value is -2.60. The molecule has 0 bridgehead atoms. The molecule has 11 nitrogen and oxygen atoms in total. The highest BCUT2D eigenvalue weighted by Crippen LogP contribution is 2.47. The van der Waals surface area contributed by atoms with Gasteiger partial charge in [-0.15, -0.1) is 0 Å². The van der Waals surface area contributed by atoms with Gasteiger partial charge in [-0.05, 0) is 57.2 Å². The zero-order valence-electron chi connectivity index (χ0n) is 20.3. The Balaban J connectivity index is 2.57. The van der Waals surface area contributed by atoms with Crippen LogP contribution < -0.4 is 16.0 Å². The number of aliphatic hydroxyl groups is 1. The molecule has 0 aromatic heterocycles. The molecule has 0 saturated heterocycles. The van der Waals surface area contributed by atoms with Crippen molar-refractivity contribution >= 4 is 25.5 Å². The van der Waals surface area contributed by atoms with Gasteiger partial charge in [0.2, 0.25) is 11.8 Å². The number of hydrogen-bond acceptors (Lipinski definition) is 7. The zero-order chi connectivity index (χ0) is 27.1. The highest BCUT2D eigenvalue weighted by Gasteiger charge is 2.27. The fourth-order valence-electron chi connectivity index (χ4n) is 3.35. The standard InChI is InChI=1S/C22H34F2N3O8P/c1-3-34-36(33,35-4-2)14-20(29)25-8-6-5-7-19(27-22(31)32)21(30)26-18(13-28)11-15-9-16(23)12-17(24)10-15/h9-10,12,18-19,27-28H,3-8,11,13-14H2,1-2H3,(H,25,29)(H,26,30)(H,31,32). The van der Waals surface area contributed by atoms with Crippen LogP contribution in [0.15, 0.2) is 18.2 Å². The van der Waals surface area contributed by atoms with Gasteiger partial charge < -0.3 is 35.2 Å². The van der Waals surface area contributed by atoms with Crippen LogP contribution in [0.3, 0.4) is 0 Å². The Morgan fingerprint density at radius 2 is 1.64 bits per heavy atom. The summed E-state index contributed by atoms with van der Waals surface area (Å²) in [4.78, 5) is 35.8. The van der Waals surface area contributed by atoms with E-state index in [9.17, 15) is 32.8 Å². The third-order valence-electron chi connectivity index (χ3n) is 4.82. The van der Waals surface area contributed by atoms with Gasteiger partial charge in [0.05, 0.1) is 25.9 Å². The molecular weight excluding hydrogens is 503 g/mol. The molecule has 0 aliphatic heterocycles. The molecule has 36 heavy (non-hydrogen) atoms. The third-order valence-corrected chi connectivity index (χ3v) is 6.79. The second-order valence-electron chi connectivity index (χ2n) is 7.82. The average molecular weight is 537 g/mol. The molecule has 0 spiro atoms. The smallest absolute Gasteiger partial charge is 0.405 e. The Morgan fingerprint density at radius 3 is 2.17 bits per heavy atom. The molecule has 1 rings (SSSR count). The largest absolute Gasteiger partial charge is 0.465 e. The van der Waals surface area contributed by atoms with Crippen LogP contribution >= 0.6 is 7.60 Å². The highest BCUT2D eigenvalue weighted by atomic mass is 31.2. The molecule has 0 heterocycles. The van der Waals surface area contributed by atoms with E-state index in [1.54, 1.807) is 13.8 Å². The van der Waals surface area contributed by atoms with Crippen LogP contribution in [0.2, 0.25) is 0 Å². The van der Waals surface area contributed by atoms with Crippen LogP contribution in [0.1, 0.15) is 38.7 Å². The number of benzene rings is 1. The average Bonchev–Trinajstić information content (AvgIpc) is 2.76. The van der Waals surface area contributed by atoms with Crippen LogP contribution in [0, 0.1) is 11.6 Å². The van der Waals surface area contributed by atoms with Gasteiger partial charge in [0.15, 0.2) is 0 Å². The molecule has 14 heteroatoms. The number of carboxylic acid groups (broad SMARTS) is 1. The molecule has 2 atom stereocenters. The van der Waals surface area contributed by atoms with E-state index < -0.39 is 62.0 Å². The first-order valence-corrected chi connectivity index (χ1v) is 13.2. The molecular formula is C22H34F2N3O8P. The predicted molar refractivity (Wildman–Crippen MR) is 127 cm³/mol. The minimum atomic E-state index is -3.53. The second-order valence-corrected chi connectivity index (χ2v) is 9.88.